The molecule has 2 heteroatoms. The molecule has 0 spiro atoms. The van der Waals surface area contributed by atoms with E-state index in [9.17, 15) is 4.79 Å². The Bertz CT molecular complexity index is 749. The van der Waals surface area contributed by atoms with E-state index >= 15 is 0 Å². The molecule has 22 heavy (non-hydrogen) atoms. The Labute approximate surface area is 130 Å². The smallest absolute Gasteiger partial charge is 0.153 e. The summed E-state index contributed by atoms with van der Waals surface area (Å²) in [5.41, 5.74) is 3.78. The molecule has 108 valence electrons. The predicted molar refractivity (Wildman–Crippen MR) is 88.0 cm³/mol. The normalized spacial score (nSPS) is 10.2. The van der Waals surface area contributed by atoms with Gasteiger partial charge in [0.25, 0.3) is 0 Å². The monoisotopic (exact) mass is 288 g/mol. The number of hydrogen-bond acceptors (Lipinski definition) is 2. The van der Waals surface area contributed by atoms with Crippen LogP contribution in [-0.4, -0.2) is 6.29 Å². The Hall–Kier alpha value is -2.87. The number of carbonyl (C=O) groups excluding carboxylic acids is 1. The van der Waals surface area contributed by atoms with Crippen LogP contribution in [0.2, 0.25) is 0 Å². The highest BCUT2D eigenvalue weighted by Crippen LogP contribution is 2.27. The van der Waals surface area contributed by atoms with Gasteiger partial charge >= 0.3 is 0 Å². The summed E-state index contributed by atoms with van der Waals surface area (Å²) in [5.74, 6) is 0.611. The summed E-state index contributed by atoms with van der Waals surface area (Å²) in [5, 5.41) is 0. The second-order valence-electron chi connectivity index (χ2n) is 5.01. The van der Waals surface area contributed by atoms with Crippen molar-refractivity contribution < 1.29 is 9.53 Å². The lowest BCUT2D eigenvalue weighted by molar-refractivity contribution is 0.111. The molecule has 0 bridgehead atoms. The molecular formula is C20H16O2. The fourth-order valence-corrected chi connectivity index (χ4v) is 2.30. The minimum absolute atomic E-state index is 0.444. The van der Waals surface area contributed by atoms with Gasteiger partial charge in [-0.1, -0.05) is 66.7 Å². The average molecular weight is 288 g/mol. The minimum atomic E-state index is 0.444. The van der Waals surface area contributed by atoms with Crippen LogP contribution in [0, 0.1) is 0 Å². The topological polar surface area (TPSA) is 26.3 Å². The highest BCUT2D eigenvalue weighted by Gasteiger charge is 2.06. The average Bonchev–Trinajstić information content (AvgIpc) is 2.61. The molecule has 3 aromatic rings. The Morgan fingerprint density at radius 2 is 1.45 bits per heavy atom. The third kappa shape index (κ3) is 3.23. The first-order valence-corrected chi connectivity index (χ1v) is 7.18. The van der Waals surface area contributed by atoms with Gasteiger partial charge in [0.15, 0.2) is 6.29 Å². The van der Waals surface area contributed by atoms with Gasteiger partial charge in [0, 0.05) is 0 Å². The van der Waals surface area contributed by atoms with Crippen LogP contribution < -0.4 is 4.74 Å². The molecule has 0 saturated carbocycles. The third-order valence-electron chi connectivity index (χ3n) is 3.48. The Morgan fingerprint density at radius 1 is 0.773 bits per heavy atom. The summed E-state index contributed by atoms with van der Waals surface area (Å²) >= 11 is 0. The van der Waals surface area contributed by atoms with Crippen molar-refractivity contribution in [2.75, 3.05) is 0 Å². The van der Waals surface area contributed by atoms with Crippen molar-refractivity contribution in [3.63, 3.8) is 0 Å². The van der Waals surface area contributed by atoms with E-state index in [1.165, 1.54) is 0 Å². The standard InChI is InChI=1S/C20H16O2/c21-14-19-12-11-18(17-9-5-2-6-10-17)13-20(19)22-15-16-7-3-1-4-8-16/h1-14H,15H2. The van der Waals surface area contributed by atoms with Gasteiger partial charge < -0.3 is 4.74 Å². The van der Waals surface area contributed by atoms with Gasteiger partial charge in [0.05, 0.1) is 5.56 Å². The molecule has 3 aromatic carbocycles. The summed E-state index contributed by atoms with van der Waals surface area (Å²) in [7, 11) is 0. The summed E-state index contributed by atoms with van der Waals surface area (Å²) in [6.07, 6.45) is 0.828. The number of ether oxygens (including phenoxy) is 1. The van der Waals surface area contributed by atoms with Gasteiger partial charge in [-0.15, -0.1) is 0 Å². The molecule has 2 nitrogen and oxygen atoms in total. The Kier molecular flexibility index (Phi) is 4.30. The first-order chi connectivity index (χ1) is 10.9. The lowest BCUT2D eigenvalue weighted by Gasteiger charge is -2.11. The van der Waals surface area contributed by atoms with E-state index in [0.29, 0.717) is 17.9 Å². The zero-order valence-corrected chi connectivity index (χ0v) is 12.1. The van der Waals surface area contributed by atoms with Crippen molar-refractivity contribution in [2.45, 2.75) is 6.61 Å². The maximum absolute atomic E-state index is 11.2. The SMILES string of the molecule is O=Cc1ccc(-c2ccccc2)cc1OCc1ccccc1. The van der Waals surface area contributed by atoms with Crippen molar-refractivity contribution >= 4 is 6.29 Å². The van der Waals surface area contributed by atoms with Crippen LogP contribution in [0.3, 0.4) is 0 Å². The molecule has 0 heterocycles. The Morgan fingerprint density at radius 3 is 2.14 bits per heavy atom. The number of benzene rings is 3. The molecule has 0 aliphatic carbocycles. The van der Waals surface area contributed by atoms with Gasteiger partial charge in [0.1, 0.15) is 12.4 Å². The number of carbonyl (C=O) groups is 1. The highest BCUT2D eigenvalue weighted by atomic mass is 16.5. The van der Waals surface area contributed by atoms with Crippen LogP contribution in [-0.2, 0) is 6.61 Å². The maximum atomic E-state index is 11.2. The molecule has 0 fully saturated rings. The molecule has 3 rings (SSSR count). The second-order valence-corrected chi connectivity index (χ2v) is 5.01. The molecule has 0 atom stereocenters. The first-order valence-electron chi connectivity index (χ1n) is 7.18. The largest absolute Gasteiger partial charge is 0.488 e. The second kappa shape index (κ2) is 6.72. The highest BCUT2D eigenvalue weighted by molar-refractivity contribution is 5.81. The number of rotatable bonds is 5. The summed E-state index contributed by atoms with van der Waals surface area (Å²) < 4.78 is 5.84. The van der Waals surface area contributed by atoms with Gasteiger partial charge in [0.2, 0.25) is 0 Å². The number of aldehydes is 1. The van der Waals surface area contributed by atoms with E-state index in [-0.39, 0.29) is 0 Å². The van der Waals surface area contributed by atoms with Crippen molar-refractivity contribution in [3.05, 3.63) is 90.0 Å². The molecule has 0 aliphatic heterocycles. The Balaban J connectivity index is 1.87. The van der Waals surface area contributed by atoms with Crippen molar-refractivity contribution in [3.8, 4) is 16.9 Å². The van der Waals surface area contributed by atoms with E-state index in [1.54, 1.807) is 6.07 Å². The molecule has 0 N–H and O–H groups in total. The molecule has 0 amide bonds. The van der Waals surface area contributed by atoms with E-state index in [2.05, 4.69) is 0 Å². The summed E-state index contributed by atoms with van der Waals surface area (Å²) in [4.78, 5) is 11.2. The third-order valence-corrected chi connectivity index (χ3v) is 3.48. The van der Waals surface area contributed by atoms with E-state index in [4.69, 9.17) is 4.74 Å². The van der Waals surface area contributed by atoms with Crippen molar-refractivity contribution in [2.24, 2.45) is 0 Å². The van der Waals surface area contributed by atoms with Crippen molar-refractivity contribution in [1.29, 1.82) is 0 Å². The maximum Gasteiger partial charge on any atom is 0.153 e. The van der Waals surface area contributed by atoms with Crippen LogP contribution in [0.25, 0.3) is 11.1 Å². The van der Waals surface area contributed by atoms with Gasteiger partial charge in [-0.3, -0.25) is 4.79 Å². The van der Waals surface area contributed by atoms with Gasteiger partial charge in [-0.2, -0.15) is 0 Å². The van der Waals surface area contributed by atoms with Crippen LogP contribution in [0.5, 0.6) is 5.75 Å². The zero-order chi connectivity index (χ0) is 15.2. The lowest BCUT2D eigenvalue weighted by Crippen LogP contribution is -1.98. The molecule has 0 unspecified atom stereocenters. The quantitative estimate of drug-likeness (QED) is 0.634. The number of hydrogen-bond donors (Lipinski definition) is 0. The van der Waals surface area contributed by atoms with Crippen LogP contribution in [0.1, 0.15) is 15.9 Å². The first kappa shape index (κ1) is 14.1. The molecule has 0 saturated heterocycles. The molecule has 0 radical (unpaired) electrons. The fourth-order valence-electron chi connectivity index (χ4n) is 2.30. The molecular weight excluding hydrogens is 272 g/mol. The predicted octanol–water partition coefficient (Wildman–Crippen LogP) is 4.75. The minimum Gasteiger partial charge on any atom is -0.488 e. The van der Waals surface area contributed by atoms with Crippen molar-refractivity contribution in [1.82, 2.24) is 0 Å². The molecule has 0 aromatic heterocycles. The van der Waals surface area contributed by atoms with Crippen LogP contribution in [0.4, 0.5) is 0 Å². The van der Waals surface area contributed by atoms with Gasteiger partial charge in [-0.25, -0.2) is 0 Å². The zero-order valence-electron chi connectivity index (χ0n) is 12.1. The van der Waals surface area contributed by atoms with Gasteiger partial charge in [-0.05, 0) is 28.8 Å². The fraction of sp³-hybridized carbons (Fsp3) is 0.0500. The molecule has 0 aliphatic rings. The summed E-state index contributed by atoms with van der Waals surface area (Å²) in [6, 6.07) is 25.6. The van der Waals surface area contributed by atoms with E-state index < -0.39 is 0 Å². The van der Waals surface area contributed by atoms with Crippen LogP contribution >= 0.6 is 0 Å². The van der Waals surface area contributed by atoms with Crippen LogP contribution in [0.15, 0.2) is 78.9 Å². The van der Waals surface area contributed by atoms with E-state index in [1.807, 2.05) is 72.8 Å². The van der Waals surface area contributed by atoms with E-state index in [0.717, 1.165) is 23.0 Å². The summed E-state index contributed by atoms with van der Waals surface area (Å²) in [6.45, 7) is 0.444. The lowest BCUT2D eigenvalue weighted by atomic mass is 10.0.